The molecule has 2 aromatic carbocycles. The highest BCUT2D eigenvalue weighted by molar-refractivity contribution is 5.89. The van der Waals surface area contributed by atoms with Crippen LogP contribution in [-0.2, 0) is 13.1 Å². The van der Waals surface area contributed by atoms with Gasteiger partial charge in [0.1, 0.15) is 5.82 Å². The van der Waals surface area contributed by atoms with Crippen molar-refractivity contribution < 1.29 is 9.18 Å². The van der Waals surface area contributed by atoms with E-state index in [4.69, 9.17) is 0 Å². The SMILES string of the molecule is O=C(NCc1ccc(CN2CCCC2)cc1)Nc1ccccc1F. The normalized spacial score (nSPS) is 14.5. The van der Waals surface area contributed by atoms with Crippen LogP contribution in [0.15, 0.2) is 48.5 Å². The van der Waals surface area contributed by atoms with Gasteiger partial charge in [-0.05, 0) is 49.2 Å². The number of para-hydroxylation sites is 1. The number of hydrogen-bond donors (Lipinski definition) is 2. The zero-order chi connectivity index (χ0) is 16.8. The predicted octanol–water partition coefficient (Wildman–Crippen LogP) is 3.74. The number of anilines is 1. The maximum atomic E-state index is 13.5. The number of nitrogens with zero attached hydrogens (tertiary/aromatic N) is 1. The second-order valence-corrected chi connectivity index (χ2v) is 6.09. The first kappa shape index (κ1) is 16.5. The van der Waals surface area contributed by atoms with Crippen molar-refractivity contribution in [2.75, 3.05) is 18.4 Å². The van der Waals surface area contributed by atoms with Crippen molar-refractivity contribution in [1.82, 2.24) is 10.2 Å². The first-order valence-corrected chi connectivity index (χ1v) is 8.30. The van der Waals surface area contributed by atoms with E-state index in [1.165, 1.54) is 43.6 Å². The Morgan fingerprint density at radius 2 is 1.67 bits per heavy atom. The molecule has 0 saturated carbocycles. The lowest BCUT2D eigenvalue weighted by Gasteiger charge is -2.14. The molecule has 2 aromatic rings. The van der Waals surface area contributed by atoms with Gasteiger partial charge in [-0.25, -0.2) is 9.18 Å². The Labute approximate surface area is 141 Å². The van der Waals surface area contributed by atoms with Gasteiger partial charge in [0.2, 0.25) is 0 Å². The Morgan fingerprint density at radius 3 is 2.38 bits per heavy atom. The van der Waals surface area contributed by atoms with Crippen molar-refractivity contribution in [2.45, 2.75) is 25.9 Å². The molecule has 2 N–H and O–H groups in total. The Bertz CT molecular complexity index is 681. The number of amides is 2. The predicted molar refractivity (Wildman–Crippen MR) is 93.2 cm³/mol. The average Bonchev–Trinajstić information content (AvgIpc) is 3.09. The zero-order valence-electron chi connectivity index (χ0n) is 13.6. The van der Waals surface area contributed by atoms with Gasteiger partial charge in [-0.15, -0.1) is 0 Å². The molecule has 1 saturated heterocycles. The van der Waals surface area contributed by atoms with Crippen LogP contribution in [0.4, 0.5) is 14.9 Å². The summed E-state index contributed by atoms with van der Waals surface area (Å²) in [5.41, 5.74) is 2.48. The van der Waals surface area contributed by atoms with E-state index >= 15 is 0 Å². The Hall–Kier alpha value is -2.40. The Kier molecular flexibility index (Phi) is 5.43. The number of carbonyl (C=O) groups is 1. The maximum Gasteiger partial charge on any atom is 0.319 e. The highest BCUT2D eigenvalue weighted by Gasteiger charge is 2.11. The molecule has 126 valence electrons. The second-order valence-electron chi connectivity index (χ2n) is 6.09. The lowest BCUT2D eigenvalue weighted by Crippen LogP contribution is -2.28. The minimum atomic E-state index is -0.445. The monoisotopic (exact) mass is 327 g/mol. The Balaban J connectivity index is 1.47. The summed E-state index contributed by atoms with van der Waals surface area (Å²) < 4.78 is 13.5. The van der Waals surface area contributed by atoms with Crippen LogP contribution in [0.1, 0.15) is 24.0 Å². The summed E-state index contributed by atoms with van der Waals surface area (Å²) >= 11 is 0. The summed E-state index contributed by atoms with van der Waals surface area (Å²) in [5.74, 6) is -0.445. The van der Waals surface area contributed by atoms with E-state index < -0.39 is 11.8 Å². The molecule has 4 nitrogen and oxygen atoms in total. The first-order valence-electron chi connectivity index (χ1n) is 8.30. The van der Waals surface area contributed by atoms with E-state index in [1.807, 2.05) is 12.1 Å². The fraction of sp³-hybridized carbons (Fsp3) is 0.316. The van der Waals surface area contributed by atoms with Crippen LogP contribution < -0.4 is 10.6 Å². The molecule has 1 heterocycles. The lowest BCUT2D eigenvalue weighted by atomic mass is 10.1. The minimum Gasteiger partial charge on any atom is -0.334 e. The molecule has 5 heteroatoms. The molecular weight excluding hydrogens is 305 g/mol. The number of hydrogen-bond acceptors (Lipinski definition) is 2. The van der Waals surface area contributed by atoms with Crippen LogP contribution in [0.2, 0.25) is 0 Å². The van der Waals surface area contributed by atoms with Gasteiger partial charge in [-0.2, -0.15) is 0 Å². The van der Waals surface area contributed by atoms with Gasteiger partial charge in [0.25, 0.3) is 0 Å². The number of benzene rings is 2. The topological polar surface area (TPSA) is 44.4 Å². The second kappa shape index (κ2) is 7.93. The number of urea groups is 1. The fourth-order valence-corrected chi connectivity index (χ4v) is 2.87. The molecule has 1 aliphatic heterocycles. The smallest absolute Gasteiger partial charge is 0.319 e. The molecule has 0 aromatic heterocycles. The summed E-state index contributed by atoms with van der Waals surface area (Å²) in [6.07, 6.45) is 2.58. The van der Waals surface area contributed by atoms with Gasteiger partial charge in [0.05, 0.1) is 5.69 Å². The number of rotatable bonds is 5. The third-order valence-electron chi connectivity index (χ3n) is 4.20. The molecule has 1 fully saturated rings. The third-order valence-corrected chi connectivity index (χ3v) is 4.20. The zero-order valence-corrected chi connectivity index (χ0v) is 13.6. The summed E-state index contributed by atoms with van der Waals surface area (Å²) in [7, 11) is 0. The average molecular weight is 327 g/mol. The van der Waals surface area contributed by atoms with Crippen molar-refractivity contribution in [3.63, 3.8) is 0 Å². The fourth-order valence-electron chi connectivity index (χ4n) is 2.87. The van der Waals surface area contributed by atoms with Crippen LogP contribution in [-0.4, -0.2) is 24.0 Å². The van der Waals surface area contributed by atoms with Crippen molar-refractivity contribution in [1.29, 1.82) is 0 Å². The molecule has 2 amide bonds. The van der Waals surface area contributed by atoms with Crippen molar-refractivity contribution in [2.24, 2.45) is 0 Å². The van der Waals surface area contributed by atoms with Crippen LogP contribution in [0.25, 0.3) is 0 Å². The quantitative estimate of drug-likeness (QED) is 0.878. The van der Waals surface area contributed by atoms with Crippen molar-refractivity contribution in [3.8, 4) is 0 Å². The molecule has 24 heavy (non-hydrogen) atoms. The number of carbonyl (C=O) groups excluding carboxylic acids is 1. The van der Waals surface area contributed by atoms with E-state index in [2.05, 4.69) is 27.7 Å². The molecule has 0 bridgehead atoms. The molecule has 0 aliphatic carbocycles. The summed E-state index contributed by atoms with van der Waals surface area (Å²) in [6.45, 7) is 3.75. The molecular formula is C19H22FN3O. The highest BCUT2D eigenvalue weighted by Crippen LogP contribution is 2.14. The highest BCUT2D eigenvalue weighted by atomic mass is 19.1. The van der Waals surface area contributed by atoms with E-state index in [0.29, 0.717) is 6.54 Å². The largest absolute Gasteiger partial charge is 0.334 e. The standard InChI is InChI=1S/C19H22FN3O/c20-17-5-1-2-6-18(17)22-19(24)21-13-15-7-9-16(10-8-15)14-23-11-3-4-12-23/h1-2,5-10H,3-4,11-14H2,(H2,21,22,24). The molecule has 0 radical (unpaired) electrons. The Morgan fingerprint density at radius 1 is 1.00 bits per heavy atom. The van der Waals surface area contributed by atoms with Gasteiger partial charge < -0.3 is 10.6 Å². The van der Waals surface area contributed by atoms with Gasteiger partial charge >= 0.3 is 6.03 Å². The molecule has 0 unspecified atom stereocenters. The first-order chi connectivity index (χ1) is 11.7. The van der Waals surface area contributed by atoms with E-state index in [0.717, 1.165) is 12.1 Å². The summed E-state index contributed by atoms with van der Waals surface area (Å²) in [4.78, 5) is 14.3. The van der Waals surface area contributed by atoms with E-state index in [-0.39, 0.29) is 5.69 Å². The maximum absolute atomic E-state index is 13.5. The van der Waals surface area contributed by atoms with Crippen LogP contribution in [0.3, 0.4) is 0 Å². The van der Waals surface area contributed by atoms with Gasteiger partial charge in [0, 0.05) is 13.1 Å². The van der Waals surface area contributed by atoms with Crippen molar-refractivity contribution in [3.05, 3.63) is 65.5 Å². The van der Waals surface area contributed by atoms with E-state index in [9.17, 15) is 9.18 Å². The van der Waals surface area contributed by atoms with Crippen LogP contribution >= 0.6 is 0 Å². The summed E-state index contributed by atoms with van der Waals surface area (Å²) in [5, 5.41) is 5.25. The van der Waals surface area contributed by atoms with Crippen LogP contribution in [0.5, 0.6) is 0 Å². The van der Waals surface area contributed by atoms with Gasteiger partial charge in [-0.3, -0.25) is 4.90 Å². The van der Waals surface area contributed by atoms with Crippen molar-refractivity contribution >= 4 is 11.7 Å². The van der Waals surface area contributed by atoms with Gasteiger partial charge in [0.15, 0.2) is 0 Å². The number of halogens is 1. The number of likely N-dealkylation sites (tertiary alicyclic amines) is 1. The van der Waals surface area contributed by atoms with Gasteiger partial charge in [-0.1, -0.05) is 36.4 Å². The lowest BCUT2D eigenvalue weighted by molar-refractivity contribution is 0.251. The third kappa shape index (κ3) is 4.55. The molecule has 3 rings (SSSR count). The number of nitrogens with one attached hydrogen (secondary N) is 2. The van der Waals surface area contributed by atoms with Crippen LogP contribution in [0, 0.1) is 5.82 Å². The molecule has 0 spiro atoms. The molecule has 0 atom stereocenters. The van der Waals surface area contributed by atoms with E-state index in [1.54, 1.807) is 12.1 Å². The minimum absolute atomic E-state index is 0.177. The molecule has 1 aliphatic rings. The summed E-state index contributed by atoms with van der Waals surface area (Å²) in [6, 6.07) is 13.9.